The van der Waals surface area contributed by atoms with E-state index < -0.39 is 8.32 Å². The summed E-state index contributed by atoms with van der Waals surface area (Å²) in [5.74, 6) is 0.822. The van der Waals surface area contributed by atoms with Crippen LogP contribution in [0.5, 0.6) is 17.2 Å². The molecule has 0 aromatic heterocycles. The Morgan fingerprint density at radius 1 is 1.05 bits per heavy atom. The first-order chi connectivity index (χ1) is 9.12. The third-order valence-electron chi connectivity index (χ3n) is 3.95. The Morgan fingerprint density at radius 3 is 1.85 bits per heavy atom. The lowest BCUT2D eigenvalue weighted by molar-refractivity contribution is 0.273. The summed E-state index contributed by atoms with van der Waals surface area (Å²) in [6.07, 6.45) is 0. The van der Waals surface area contributed by atoms with Gasteiger partial charge in [0.25, 0.3) is 0 Å². The van der Waals surface area contributed by atoms with E-state index in [0.717, 1.165) is 5.56 Å². The van der Waals surface area contributed by atoms with Gasteiger partial charge in [0.15, 0.2) is 19.8 Å². The topological polar surface area (TPSA) is 47.9 Å². The van der Waals surface area contributed by atoms with Crippen LogP contribution < -0.4 is 9.47 Å². The summed E-state index contributed by atoms with van der Waals surface area (Å²) in [5, 5.41) is 10.1. The maximum Gasteiger partial charge on any atom is 0.200 e. The molecule has 0 saturated heterocycles. The van der Waals surface area contributed by atoms with Gasteiger partial charge in [-0.3, -0.25) is 0 Å². The Hall–Kier alpha value is -1.20. The predicted octanol–water partition coefficient (Wildman–Crippen LogP) is 3.93. The largest absolute Gasteiger partial charge is 0.502 e. The summed E-state index contributed by atoms with van der Waals surface area (Å²) in [5.41, 5.74) is 0.932. The number of ether oxygens (including phenoxy) is 2. The molecule has 0 aliphatic heterocycles. The zero-order chi connectivity index (χ0) is 15.6. The molecular formula is C15H26O4Si. The average molecular weight is 298 g/mol. The molecular weight excluding hydrogens is 272 g/mol. The fourth-order valence-corrected chi connectivity index (χ4v) is 2.47. The average Bonchev–Trinajstić information content (AvgIpc) is 2.36. The number of benzene rings is 1. The molecule has 20 heavy (non-hydrogen) atoms. The molecule has 0 heterocycles. The van der Waals surface area contributed by atoms with Gasteiger partial charge in [-0.25, -0.2) is 0 Å². The quantitative estimate of drug-likeness (QED) is 0.837. The SMILES string of the molecule is COc1cc(CO[Si](C)(C)C(C)(C)C)cc(OC)c1O. The smallest absolute Gasteiger partial charge is 0.200 e. The van der Waals surface area contributed by atoms with Crippen LogP contribution in [0.4, 0.5) is 0 Å². The maximum atomic E-state index is 9.89. The Bertz CT molecular complexity index is 438. The van der Waals surface area contributed by atoms with E-state index >= 15 is 0 Å². The van der Waals surface area contributed by atoms with Crippen molar-refractivity contribution in [3.8, 4) is 17.2 Å². The summed E-state index contributed by atoms with van der Waals surface area (Å²) in [4.78, 5) is 0. The zero-order valence-corrected chi connectivity index (χ0v) is 14.5. The molecule has 1 N–H and O–H groups in total. The lowest BCUT2D eigenvalue weighted by Crippen LogP contribution is -2.40. The second-order valence-corrected chi connectivity index (χ2v) is 11.2. The molecule has 1 aromatic rings. The van der Waals surface area contributed by atoms with Gasteiger partial charge in [0.2, 0.25) is 5.75 Å². The van der Waals surface area contributed by atoms with Crippen LogP contribution in [0.15, 0.2) is 12.1 Å². The molecule has 1 rings (SSSR count). The van der Waals surface area contributed by atoms with Crippen molar-refractivity contribution < 1.29 is 19.0 Å². The first-order valence-electron chi connectivity index (χ1n) is 6.70. The number of phenolic OH excluding ortho intramolecular Hbond substituents is 1. The molecule has 0 unspecified atom stereocenters. The monoisotopic (exact) mass is 298 g/mol. The van der Waals surface area contributed by atoms with E-state index in [2.05, 4.69) is 33.9 Å². The predicted molar refractivity (Wildman–Crippen MR) is 83.2 cm³/mol. The summed E-state index contributed by atoms with van der Waals surface area (Å²) in [7, 11) is 1.24. The second kappa shape index (κ2) is 6.05. The highest BCUT2D eigenvalue weighted by molar-refractivity contribution is 6.74. The van der Waals surface area contributed by atoms with Gasteiger partial charge in [-0.1, -0.05) is 20.8 Å². The first-order valence-corrected chi connectivity index (χ1v) is 9.61. The maximum absolute atomic E-state index is 9.89. The van der Waals surface area contributed by atoms with Crippen LogP contribution in [0.1, 0.15) is 26.3 Å². The Kier molecular flexibility index (Phi) is 5.10. The van der Waals surface area contributed by atoms with E-state index in [0.29, 0.717) is 18.1 Å². The lowest BCUT2D eigenvalue weighted by atomic mass is 10.2. The Balaban J connectivity index is 2.94. The van der Waals surface area contributed by atoms with Crippen LogP contribution in [0.25, 0.3) is 0 Å². The summed E-state index contributed by atoms with van der Waals surface area (Å²) >= 11 is 0. The molecule has 0 saturated carbocycles. The van der Waals surface area contributed by atoms with Gasteiger partial charge in [-0.2, -0.15) is 0 Å². The number of phenols is 1. The van der Waals surface area contributed by atoms with Gasteiger partial charge in [0, 0.05) is 0 Å². The van der Waals surface area contributed by atoms with Gasteiger partial charge >= 0.3 is 0 Å². The van der Waals surface area contributed by atoms with E-state index in [4.69, 9.17) is 13.9 Å². The molecule has 0 aliphatic carbocycles. The second-order valence-electron chi connectivity index (χ2n) is 6.40. The van der Waals surface area contributed by atoms with E-state index in [1.54, 1.807) is 12.1 Å². The van der Waals surface area contributed by atoms with Crippen molar-refractivity contribution in [1.82, 2.24) is 0 Å². The molecule has 5 heteroatoms. The van der Waals surface area contributed by atoms with Gasteiger partial charge in [-0.15, -0.1) is 0 Å². The molecule has 0 aliphatic rings. The van der Waals surface area contributed by atoms with E-state index in [1.807, 2.05) is 0 Å². The van der Waals surface area contributed by atoms with Gasteiger partial charge < -0.3 is 19.0 Å². The number of hydrogen-bond donors (Lipinski definition) is 1. The van der Waals surface area contributed by atoms with Crippen molar-refractivity contribution in [3.05, 3.63) is 17.7 Å². The minimum Gasteiger partial charge on any atom is -0.502 e. The van der Waals surface area contributed by atoms with E-state index in [9.17, 15) is 5.11 Å². The van der Waals surface area contributed by atoms with Gasteiger partial charge in [0.05, 0.1) is 20.8 Å². The normalized spacial score (nSPS) is 12.3. The fourth-order valence-electron chi connectivity index (χ4n) is 1.51. The Morgan fingerprint density at radius 2 is 1.50 bits per heavy atom. The summed E-state index contributed by atoms with van der Waals surface area (Å²) in [6, 6.07) is 3.57. The molecule has 0 atom stereocenters. The van der Waals surface area contributed by atoms with Crippen molar-refractivity contribution in [2.45, 2.75) is 45.5 Å². The number of aromatic hydroxyl groups is 1. The zero-order valence-electron chi connectivity index (χ0n) is 13.5. The first kappa shape index (κ1) is 16.9. The number of hydrogen-bond acceptors (Lipinski definition) is 4. The molecule has 1 aromatic carbocycles. The summed E-state index contributed by atoms with van der Waals surface area (Å²) < 4.78 is 16.5. The lowest BCUT2D eigenvalue weighted by Gasteiger charge is -2.36. The minimum atomic E-state index is -1.80. The van der Waals surface area contributed by atoms with Crippen LogP contribution in [0, 0.1) is 0 Å². The van der Waals surface area contributed by atoms with Crippen molar-refractivity contribution in [2.75, 3.05) is 14.2 Å². The van der Waals surface area contributed by atoms with Crippen LogP contribution in [-0.4, -0.2) is 27.6 Å². The van der Waals surface area contributed by atoms with Crippen molar-refractivity contribution in [2.24, 2.45) is 0 Å². The molecule has 0 fully saturated rings. The molecule has 0 radical (unpaired) electrons. The van der Waals surface area contributed by atoms with Crippen LogP contribution >= 0.6 is 0 Å². The molecule has 114 valence electrons. The highest BCUT2D eigenvalue weighted by Gasteiger charge is 2.37. The molecule has 0 bridgehead atoms. The van der Waals surface area contributed by atoms with Crippen LogP contribution in [-0.2, 0) is 11.0 Å². The standard InChI is InChI=1S/C15H26O4Si/c1-15(2,3)20(6,7)19-10-11-8-12(17-4)14(16)13(9-11)18-5/h8-9,16H,10H2,1-7H3. The Labute approximate surface area is 122 Å². The van der Waals surface area contributed by atoms with E-state index in [-0.39, 0.29) is 10.8 Å². The number of methoxy groups -OCH3 is 2. The fraction of sp³-hybridized carbons (Fsp3) is 0.600. The molecule has 4 nitrogen and oxygen atoms in total. The van der Waals surface area contributed by atoms with Gasteiger partial charge in [-0.05, 0) is 35.8 Å². The van der Waals surface area contributed by atoms with Crippen molar-refractivity contribution in [1.29, 1.82) is 0 Å². The van der Waals surface area contributed by atoms with Crippen molar-refractivity contribution in [3.63, 3.8) is 0 Å². The van der Waals surface area contributed by atoms with Gasteiger partial charge in [0.1, 0.15) is 0 Å². The molecule has 0 spiro atoms. The minimum absolute atomic E-state index is 0.0195. The third-order valence-corrected chi connectivity index (χ3v) is 8.42. The molecule has 0 amide bonds. The highest BCUT2D eigenvalue weighted by atomic mass is 28.4. The van der Waals surface area contributed by atoms with Crippen molar-refractivity contribution >= 4 is 8.32 Å². The highest BCUT2D eigenvalue weighted by Crippen LogP contribution is 2.39. The van der Waals surface area contributed by atoms with E-state index in [1.165, 1.54) is 14.2 Å². The van der Waals surface area contributed by atoms with Crippen LogP contribution in [0.2, 0.25) is 18.1 Å². The number of rotatable bonds is 5. The summed E-state index contributed by atoms with van der Waals surface area (Å²) in [6.45, 7) is 11.5. The van der Waals surface area contributed by atoms with Crippen LogP contribution in [0.3, 0.4) is 0 Å². The third kappa shape index (κ3) is 3.67.